The van der Waals surface area contributed by atoms with Crippen LogP contribution in [0.4, 0.5) is 13.2 Å². The molecule has 7 nitrogen and oxygen atoms in total. The summed E-state index contributed by atoms with van der Waals surface area (Å²) in [5, 5.41) is 13.4. The van der Waals surface area contributed by atoms with E-state index < -0.39 is 24.2 Å². The molecule has 1 unspecified atom stereocenters. The molecule has 192 valence electrons. The summed E-state index contributed by atoms with van der Waals surface area (Å²) in [6.45, 7) is 9.45. The van der Waals surface area contributed by atoms with Crippen LogP contribution in [0.1, 0.15) is 69.3 Å². The molecule has 2 rings (SSSR count). The van der Waals surface area contributed by atoms with E-state index in [0.717, 1.165) is 18.0 Å². The molecule has 10 heteroatoms. The maximum Gasteiger partial charge on any atom is 0.490 e. The van der Waals surface area contributed by atoms with Gasteiger partial charge in [0.1, 0.15) is 6.04 Å². The van der Waals surface area contributed by atoms with Crippen molar-refractivity contribution in [1.82, 2.24) is 10.6 Å². The Morgan fingerprint density at radius 1 is 1.06 bits per heavy atom. The minimum Gasteiger partial charge on any atom is -0.475 e. The minimum atomic E-state index is -5.08. The van der Waals surface area contributed by atoms with Gasteiger partial charge in [-0.25, -0.2) is 9.59 Å². The lowest BCUT2D eigenvalue weighted by Crippen LogP contribution is -2.39. The molecule has 3 N–H and O–H groups in total. The van der Waals surface area contributed by atoms with E-state index in [0.29, 0.717) is 17.0 Å². The maximum absolute atomic E-state index is 12.2. The van der Waals surface area contributed by atoms with Gasteiger partial charge in [-0.2, -0.15) is 13.2 Å². The number of amides is 1. The summed E-state index contributed by atoms with van der Waals surface area (Å²) in [6.07, 6.45) is -0.0427. The number of nitrogens with one attached hydrogen (secondary N) is 2. The normalized spacial score (nSPS) is 19.3. The van der Waals surface area contributed by atoms with Gasteiger partial charge in [-0.05, 0) is 61.6 Å². The van der Waals surface area contributed by atoms with E-state index >= 15 is 0 Å². The number of benzene rings is 1. The Kier molecular flexibility index (Phi) is 11.0. The Bertz CT molecular complexity index is 811. The van der Waals surface area contributed by atoms with Crippen molar-refractivity contribution in [2.24, 2.45) is 11.3 Å². The van der Waals surface area contributed by atoms with E-state index in [4.69, 9.17) is 9.90 Å². The molecule has 1 aromatic carbocycles. The van der Waals surface area contributed by atoms with Gasteiger partial charge in [-0.15, -0.1) is 0 Å². The van der Waals surface area contributed by atoms with Crippen LogP contribution >= 0.6 is 0 Å². The maximum atomic E-state index is 12.2. The third-order valence-electron chi connectivity index (χ3n) is 5.91. The van der Waals surface area contributed by atoms with Crippen molar-refractivity contribution in [3.8, 4) is 0 Å². The number of esters is 1. The Morgan fingerprint density at radius 2 is 1.56 bits per heavy atom. The van der Waals surface area contributed by atoms with Gasteiger partial charge in [0.15, 0.2) is 0 Å². The van der Waals surface area contributed by atoms with Gasteiger partial charge in [-0.3, -0.25) is 4.79 Å². The first-order valence-electron chi connectivity index (χ1n) is 11.2. The molecule has 0 saturated heterocycles. The first kappa shape index (κ1) is 29.4. The lowest BCUT2D eigenvalue weighted by Gasteiger charge is -2.37. The van der Waals surface area contributed by atoms with Crippen molar-refractivity contribution in [1.29, 1.82) is 0 Å². The predicted molar refractivity (Wildman–Crippen MR) is 121 cm³/mol. The highest BCUT2D eigenvalue weighted by atomic mass is 19.4. The van der Waals surface area contributed by atoms with Gasteiger partial charge in [0.25, 0.3) is 5.91 Å². The highest BCUT2D eigenvalue weighted by Gasteiger charge is 2.38. The molecule has 1 aliphatic rings. The molecular formula is C24H35F3N2O5. The zero-order chi connectivity index (χ0) is 26.1. The van der Waals surface area contributed by atoms with Crippen LogP contribution in [0.15, 0.2) is 24.3 Å². The molecule has 0 aromatic heterocycles. The fourth-order valence-electron chi connectivity index (χ4n) is 3.72. The fraction of sp³-hybridized carbons (Fsp3) is 0.625. The topological polar surface area (TPSA) is 105 Å². The van der Waals surface area contributed by atoms with Crippen LogP contribution in [0.25, 0.3) is 0 Å². The number of carbonyl (C=O) groups excluding carboxylic acids is 2. The second-order valence-electron chi connectivity index (χ2n) is 9.51. The minimum absolute atomic E-state index is 0.270. The summed E-state index contributed by atoms with van der Waals surface area (Å²) in [6, 6.07) is 7.44. The van der Waals surface area contributed by atoms with Crippen LogP contribution in [0, 0.1) is 11.3 Å². The highest BCUT2D eigenvalue weighted by Crippen LogP contribution is 2.37. The number of carbonyl (C=O) groups is 3. The van der Waals surface area contributed by atoms with Gasteiger partial charge in [0.05, 0.1) is 7.11 Å². The highest BCUT2D eigenvalue weighted by molar-refractivity contribution is 5.96. The molecule has 0 bridgehead atoms. The number of aliphatic carboxylic acids is 1. The van der Waals surface area contributed by atoms with Crippen molar-refractivity contribution in [3.63, 3.8) is 0 Å². The first-order valence-corrected chi connectivity index (χ1v) is 11.2. The summed E-state index contributed by atoms with van der Waals surface area (Å²) in [5.41, 5.74) is 2.11. The number of hydrogen-bond donors (Lipinski definition) is 3. The third kappa shape index (κ3) is 10.1. The predicted octanol–water partition coefficient (Wildman–Crippen LogP) is 4.31. The van der Waals surface area contributed by atoms with Gasteiger partial charge >= 0.3 is 18.1 Å². The number of hydrogen-bond acceptors (Lipinski definition) is 5. The summed E-state index contributed by atoms with van der Waals surface area (Å²) < 4.78 is 36.4. The molecule has 0 aliphatic heterocycles. The molecule has 1 saturated carbocycles. The van der Waals surface area contributed by atoms with Crippen LogP contribution in [0.2, 0.25) is 0 Å². The van der Waals surface area contributed by atoms with Gasteiger partial charge in [-0.1, -0.05) is 32.9 Å². The van der Waals surface area contributed by atoms with Crippen LogP contribution in [0.5, 0.6) is 0 Å². The van der Waals surface area contributed by atoms with Gasteiger partial charge < -0.3 is 20.5 Å². The van der Waals surface area contributed by atoms with Crippen LogP contribution in [-0.2, 0) is 20.9 Å². The monoisotopic (exact) mass is 488 g/mol. The number of ether oxygens (including phenoxy) is 1. The SMILES string of the molecule is COC(=O)C(C)NC(=O)c1ccc(CNC2CCC(C(C)(C)C)CC2)cc1.O=C(O)C(F)(F)F. The molecule has 34 heavy (non-hydrogen) atoms. The van der Waals surface area contributed by atoms with Crippen molar-refractivity contribution in [2.75, 3.05) is 7.11 Å². The van der Waals surface area contributed by atoms with Crippen LogP contribution in [0.3, 0.4) is 0 Å². The number of methoxy groups -OCH3 is 1. The second-order valence-corrected chi connectivity index (χ2v) is 9.51. The number of halogens is 3. The number of carboxylic acids is 1. The number of rotatable bonds is 6. The van der Waals surface area contributed by atoms with Crippen molar-refractivity contribution in [2.45, 2.75) is 78.2 Å². The van der Waals surface area contributed by atoms with Crippen molar-refractivity contribution < 1.29 is 37.4 Å². The third-order valence-corrected chi connectivity index (χ3v) is 5.91. The van der Waals surface area contributed by atoms with E-state index in [9.17, 15) is 22.8 Å². The molecule has 0 spiro atoms. The zero-order valence-corrected chi connectivity index (χ0v) is 20.3. The van der Waals surface area contributed by atoms with Crippen molar-refractivity contribution in [3.05, 3.63) is 35.4 Å². The van der Waals surface area contributed by atoms with Gasteiger partial charge in [0.2, 0.25) is 0 Å². The summed E-state index contributed by atoms with van der Waals surface area (Å²) in [4.78, 5) is 32.5. The van der Waals surface area contributed by atoms with E-state index in [-0.39, 0.29) is 5.91 Å². The Morgan fingerprint density at radius 3 is 1.97 bits per heavy atom. The second kappa shape index (κ2) is 12.7. The quantitative estimate of drug-likeness (QED) is 0.516. The van der Waals surface area contributed by atoms with Crippen molar-refractivity contribution >= 4 is 17.8 Å². The van der Waals surface area contributed by atoms with Crippen LogP contribution < -0.4 is 10.6 Å². The Labute approximate surface area is 198 Å². The lowest BCUT2D eigenvalue weighted by atomic mass is 9.71. The summed E-state index contributed by atoms with van der Waals surface area (Å²) >= 11 is 0. The molecule has 1 amide bonds. The average molecular weight is 489 g/mol. The molecule has 1 fully saturated rings. The molecule has 1 aliphatic carbocycles. The standard InChI is InChI=1S/C22H34N2O3.C2HF3O2/c1-15(21(26)27-5)24-20(25)17-8-6-16(7-9-17)14-23-19-12-10-18(11-13-19)22(2,3)4;3-2(4,5)1(6)7/h6-9,15,18-19,23H,10-14H2,1-5H3,(H,24,25);(H,6,7). The molecule has 1 aromatic rings. The summed E-state index contributed by atoms with van der Waals surface area (Å²) in [5.74, 6) is -2.66. The largest absolute Gasteiger partial charge is 0.490 e. The molecular weight excluding hydrogens is 453 g/mol. The van der Waals surface area contributed by atoms with E-state index in [1.54, 1.807) is 19.1 Å². The van der Waals surface area contributed by atoms with E-state index in [1.807, 2.05) is 12.1 Å². The van der Waals surface area contributed by atoms with Gasteiger partial charge in [0, 0.05) is 18.2 Å². The number of carboxylic acid groups (broad SMARTS) is 1. The number of alkyl halides is 3. The first-order chi connectivity index (χ1) is 15.6. The summed E-state index contributed by atoms with van der Waals surface area (Å²) in [7, 11) is 1.31. The average Bonchev–Trinajstić information content (AvgIpc) is 2.76. The van der Waals surface area contributed by atoms with E-state index in [1.165, 1.54) is 32.8 Å². The molecule has 0 radical (unpaired) electrons. The molecule has 0 heterocycles. The zero-order valence-electron chi connectivity index (χ0n) is 20.3. The Hall–Kier alpha value is -2.62. The van der Waals surface area contributed by atoms with Crippen LogP contribution in [-0.4, -0.2) is 48.3 Å². The molecule has 1 atom stereocenters. The fourth-order valence-corrected chi connectivity index (χ4v) is 3.72. The Balaban J connectivity index is 0.000000718. The van der Waals surface area contributed by atoms with E-state index in [2.05, 4.69) is 36.1 Å². The lowest BCUT2D eigenvalue weighted by molar-refractivity contribution is -0.192. The smallest absolute Gasteiger partial charge is 0.475 e.